The number of carbonyl (C=O) groups excluding carboxylic acids is 1. The van der Waals surface area contributed by atoms with E-state index in [1.165, 1.54) is 0 Å². The van der Waals surface area contributed by atoms with Gasteiger partial charge in [0.05, 0.1) is 6.42 Å². The monoisotopic (exact) mass is 320 g/mol. The van der Waals surface area contributed by atoms with E-state index in [1.807, 2.05) is 38.1 Å². The summed E-state index contributed by atoms with van der Waals surface area (Å²) in [7, 11) is 0. The fourth-order valence-corrected chi connectivity index (χ4v) is 1.75. The molecule has 0 spiro atoms. The Bertz CT molecular complexity index is 383. The minimum absolute atomic E-state index is 0. The van der Waals surface area contributed by atoms with Crippen LogP contribution >= 0.6 is 28.3 Å². The molecule has 5 heteroatoms. The van der Waals surface area contributed by atoms with E-state index in [9.17, 15) is 4.79 Å². The van der Waals surface area contributed by atoms with Crippen LogP contribution in [0.3, 0.4) is 0 Å². The van der Waals surface area contributed by atoms with Gasteiger partial charge in [0.2, 0.25) is 5.91 Å². The van der Waals surface area contributed by atoms with Crippen LogP contribution < -0.4 is 11.1 Å². The van der Waals surface area contributed by atoms with Gasteiger partial charge >= 0.3 is 0 Å². The van der Waals surface area contributed by atoms with Crippen LogP contribution in [0, 0.1) is 0 Å². The first-order chi connectivity index (χ1) is 7.43. The zero-order valence-electron chi connectivity index (χ0n) is 10.00. The van der Waals surface area contributed by atoms with Crippen LogP contribution in [0.15, 0.2) is 28.7 Å². The van der Waals surface area contributed by atoms with Crippen molar-refractivity contribution in [3.63, 3.8) is 0 Å². The Kier molecular flexibility index (Phi) is 6.75. The Hall–Kier alpha value is -0.580. The number of halogens is 2. The highest BCUT2D eigenvalue weighted by Gasteiger charge is 2.18. The smallest absolute Gasteiger partial charge is 0.224 e. The number of carbonyl (C=O) groups is 1. The molecule has 0 fully saturated rings. The number of nitrogens with two attached hydrogens (primary N) is 1. The van der Waals surface area contributed by atoms with Crippen LogP contribution in [0.5, 0.6) is 0 Å². The highest BCUT2D eigenvalue weighted by atomic mass is 79.9. The topological polar surface area (TPSA) is 55.1 Å². The SMILES string of the molecule is CC(C)(CN)NC(=O)Cc1cccc(Br)c1.Cl. The quantitative estimate of drug-likeness (QED) is 0.894. The molecule has 1 amide bonds. The summed E-state index contributed by atoms with van der Waals surface area (Å²) < 4.78 is 0.982. The fourth-order valence-electron chi connectivity index (χ4n) is 1.30. The number of benzene rings is 1. The van der Waals surface area contributed by atoms with E-state index < -0.39 is 0 Å². The van der Waals surface area contributed by atoms with E-state index in [0.717, 1.165) is 10.0 Å². The molecule has 3 nitrogen and oxygen atoms in total. The highest BCUT2D eigenvalue weighted by molar-refractivity contribution is 9.10. The van der Waals surface area contributed by atoms with Gasteiger partial charge in [0.1, 0.15) is 0 Å². The summed E-state index contributed by atoms with van der Waals surface area (Å²) in [4.78, 5) is 11.7. The summed E-state index contributed by atoms with van der Waals surface area (Å²) in [5, 5.41) is 2.89. The average Bonchev–Trinajstić information content (AvgIpc) is 2.16. The number of rotatable bonds is 4. The number of amides is 1. The zero-order valence-corrected chi connectivity index (χ0v) is 12.4. The zero-order chi connectivity index (χ0) is 12.2. The molecule has 0 aliphatic carbocycles. The maximum absolute atomic E-state index is 11.7. The van der Waals surface area contributed by atoms with Gasteiger partial charge in [-0.15, -0.1) is 12.4 Å². The fraction of sp³-hybridized carbons (Fsp3) is 0.417. The van der Waals surface area contributed by atoms with E-state index in [2.05, 4.69) is 21.2 Å². The molecular formula is C12H18BrClN2O. The van der Waals surface area contributed by atoms with Crippen molar-refractivity contribution in [1.29, 1.82) is 0 Å². The van der Waals surface area contributed by atoms with E-state index in [-0.39, 0.29) is 23.9 Å². The average molecular weight is 322 g/mol. The third kappa shape index (κ3) is 6.05. The van der Waals surface area contributed by atoms with Gasteiger partial charge in [0.15, 0.2) is 0 Å². The second-order valence-corrected chi connectivity index (χ2v) is 5.36. The van der Waals surface area contributed by atoms with Crippen LogP contribution in [0.4, 0.5) is 0 Å². The third-order valence-electron chi connectivity index (χ3n) is 2.24. The molecule has 0 heterocycles. The standard InChI is InChI=1S/C12H17BrN2O.ClH/c1-12(2,8-14)15-11(16)7-9-4-3-5-10(13)6-9;/h3-6H,7-8,14H2,1-2H3,(H,15,16);1H. The first-order valence-electron chi connectivity index (χ1n) is 5.18. The van der Waals surface area contributed by atoms with Crippen LogP contribution in [-0.4, -0.2) is 18.0 Å². The van der Waals surface area contributed by atoms with Crippen molar-refractivity contribution in [3.05, 3.63) is 34.3 Å². The molecule has 0 saturated heterocycles. The first kappa shape index (κ1) is 16.4. The van der Waals surface area contributed by atoms with Gasteiger partial charge in [-0.3, -0.25) is 4.79 Å². The van der Waals surface area contributed by atoms with Crippen LogP contribution in [0.1, 0.15) is 19.4 Å². The van der Waals surface area contributed by atoms with Crippen molar-refractivity contribution in [2.24, 2.45) is 5.73 Å². The van der Waals surface area contributed by atoms with E-state index in [4.69, 9.17) is 5.73 Å². The molecule has 0 unspecified atom stereocenters. The summed E-state index contributed by atoms with van der Waals surface area (Å²) in [6, 6.07) is 7.72. The molecule has 17 heavy (non-hydrogen) atoms. The molecule has 0 saturated carbocycles. The Morgan fingerprint density at radius 3 is 2.65 bits per heavy atom. The molecule has 1 aromatic rings. The predicted molar refractivity (Wildman–Crippen MR) is 76.4 cm³/mol. The summed E-state index contributed by atoms with van der Waals surface area (Å²) in [5.41, 5.74) is 6.19. The van der Waals surface area contributed by atoms with Crippen LogP contribution in [-0.2, 0) is 11.2 Å². The van der Waals surface area contributed by atoms with E-state index in [0.29, 0.717) is 13.0 Å². The Balaban J connectivity index is 0.00000256. The molecule has 0 bridgehead atoms. The van der Waals surface area contributed by atoms with Gasteiger partial charge in [-0.2, -0.15) is 0 Å². The molecular weight excluding hydrogens is 304 g/mol. The van der Waals surface area contributed by atoms with Gasteiger partial charge in [-0.1, -0.05) is 28.1 Å². The predicted octanol–water partition coefficient (Wildman–Crippen LogP) is 2.27. The minimum atomic E-state index is -0.344. The van der Waals surface area contributed by atoms with Crippen molar-refractivity contribution in [3.8, 4) is 0 Å². The lowest BCUT2D eigenvalue weighted by Gasteiger charge is -2.24. The Morgan fingerprint density at radius 2 is 2.12 bits per heavy atom. The molecule has 0 radical (unpaired) electrons. The number of hydrogen-bond donors (Lipinski definition) is 2. The summed E-state index contributed by atoms with van der Waals surface area (Å²) in [5.74, 6) is -0.00597. The Morgan fingerprint density at radius 1 is 1.47 bits per heavy atom. The summed E-state index contributed by atoms with van der Waals surface area (Å²) >= 11 is 3.38. The third-order valence-corrected chi connectivity index (χ3v) is 2.74. The second-order valence-electron chi connectivity index (χ2n) is 4.44. The second kappa shape index (κ2) is 6.99. The van der Waals surface area contributed by atoms with Crippen LogP contribution in [0.2, 0.25) is 0 Å². The molecule has 96 valence electrons. The number of hydrogen-bond acceptors (Lipinski definition) is 2. The highest BCUT2D eigenvalue weighted by Crippen LogP contribution is 2.12. The summed E-state index contributed by atoms with van der Waals surface area (Å²) in [6.07, 6.45) is 0.378. The van der Waals surface area contributed by atoms with Crippen molar-refractivity contribution < 1.29 is 4.79 Å². The van der Waals surface area contributed by atoms with Crippen molar-refractivity contribution >= 4 is 34.2 Å². The van der Waals surface area contributed by atoms with E-state index >= 15 is 0 Å². The van der Waals surface area contributed by atoms with Gasteiger partial charge in [-0.25, -0.2) is 0 Å². The molecule has 1 aromatic carbocycles. The molecule has 3 N–H and O–H groups in total. The summed E-state index contributed by atoms with van der Waals surface area (Å²) in [6.45, 7) is 4.24. The van der Waals surface area contributed by atoms with Crippen molar-refractivity contribution in [2.75, 3.05) is 6.54 Å². The lowest BCUT2D eigenvalue weighted by molar-refractivity contribution is -0.121. The van der Waals surface area contributed by atoms with Gasteiger partial charge in [0.25, 0.3) is 0 Å². The normalized spacial score (nSPS) is 10.6. The molecule has 0 atom stereocenters. The van der Waals surface area contributed by atoms with Crippen molar-refractivity contribution in [2.45, 2.75) is 25.8 Å². The van der Waals surface area contributed by atoms with Gasteiger partial charge in [-0.05, 0) is 31.5 Å². The van der Waals surface area contributed by atoms with Crippen LogP contribution in [0.25, 0.3) is 0 Å². The van der Waals surface area contributed by atoms with Crippen molar-refractivity contribution in [1.82, 2.24) is 5.32 Å². The lowest BCUT2D eigenvalue weighted by Crippen LogP contribution is -2.49. The minimum Gasteiger partial charge on any atom is -0.350 e. The largest absolute Gasteiger partial charge is 0.350 e. The first-order valence-corrected chi connectivity index (χ1v) is 5.98. The van der Waals surface area contributed by atoms with E-state index in [1.54, 1.807) is 0 Å². The number of nitrogens with one attached hydrogen (secondary N) is 1. The maximum atomic E-state index is 11.7. The van der Waals surface area contributed by atoms with Gasteiger partial charge < -0.3 is 11.1 Å². The molecule has 1 rings (SSSR count). The lowest BCUT2D eigenvalue weighted by atomic mass is 10.1. The Labute approximate surface area is 117 Å². The molecule has 0 aromatic heterocycles. The van der Waals surface area contributed by atoms with Gasteiger partial charge in [0, 0.05) is 16.6 Å². The maximum Gasteiger partial charge on any atom is 0.224 e. The molecule has 0 aliphatic heterocycles. The molecule has 0 aliphatic rings.